The first kappa shape index (κ1) is 25.8. The molecule has 0 spiro atoms. The van der Waals surface area contributed by atoms with E-state index >= 15 is 0 Å². The maximum absolute atomic E-state index is 14.6. The second-order valence-corrected chi connectivity index (χ2v) is 11.4. The summed E-state index contributed by atoms with van der Waals surface area (Å²) in [5, 5.41) is 12.2. The van der Waals surface area contributed by atoms with Crippen LogP contribution in [0.5, 0.6) is 0 Å². The fraction of sp³-hybridized carbons (Fsp3) is 0.375. The van der Waals surface area contributed by atoms with Gasteiger partial charge in [0.1, 0.15) is 10.7 Å². The summed E-state index contributed by atoms with van der Waals surface area (Å²) in [5.74, 6) is -0.356. The lowest BCUT2D eigenvalue weighted by molar-refractivity contribution is 0.355. The minimum Gasteiger partial charge on any atom is -0.384 e. The Kier molecular flexibility index (Phi) is 8.96. The Morgan fingerprint density at radius 3 is 2.71 bits per heavy atom. The molecule has 0 amide bonds. The lowest BCUT2D eigenvalue weighted by Crippen LogP contribution is -2.46. The summed E-state index contributed by atoms with van der Waals surface area (Å²) >= 11 is 7.35. The molecule has 0 bridgehead atoms. The number of anilines is 2. The van der Waals surface area contributed by atoms with Gasteiger partial charge in [0.15, 0.2) is 5.13 Å². The standard InChI is InChI=1S/C24H29ClFN5O2S2/c25-20-13-23(35(32,33)31-24-30-10-11-34-24)21(26)14-22(20)29-9-5-4-8-28-19-12-18(15-27-16-19)17-6-2-1-3-7-17/h1-3,6-7,10-11,13-14,18-19,27-29H,4-5,8-9,12,15-16H2,(H,30,31). The van der Waals surface area contributed by atoms with Crippen molar-refractivity contribution in [1.82, 2.24) is 15.6 Å². The van der Waals surface area contributed by atoms with Crippen molar-refractivity contribution in [1.29, 1.82) is 0 Å². The molecule has 188 valence electrons. The van der Waals surface area contributed by atoms with Crippen LogP contribution in [-0.2, 0) is 10.0 Å². The maximum atomic E-state index is 14.6. The molecule has 4 N–H and O–H groups in total. The predicted molar refractivity (Wildman–Crippen MR) is 141 cm³/mol. The van der Waals surface area contributed by atoms with E-state index in [4.69, 9.17) is 11.6 Å². The van der Waals surface area contributed by atoms with Crippen LogP contribution < -0.4 is 20.7 Å². The number of nitrogens with one attached hydrogen (secondary N) is 4. The fourth-order valence-corrected chi connectivity index (χ4v) is 6.34. The van der Waals surface area contributed by atoms with Crippen molar-refractivity contribution in [2.75, 3.05) is 36.2 Å². The Balaban J connectivity index is 1.21. The third-order valence-electron chi connectivity index (χ3n) is 5.94. The summed E-state index contributed by atoms with van der Waals surface area (Å²) in [6.07, 6.45) is 4.38. The zero-order valence-electron chi connectivity index (χ0n) is 19.1. The predicted octanol–water partition coefficient (Wildman–Crippen LogP) is 4.66. The lowest BCUT2D eigenvalue weighted by atomic mass is 9.89. The van der Waals surface area contributed by atoms with Crippen LogP contribution in [-0.4, -0.2) is 45.6 Å². The molecule has 7 nitrogen and oxygen atoms in total. The molecular formula is C24H29ClFN5O2S2. The second-order valence-electron chi connectivity index (χ2n) is 8.49. The first-order chi connectivity index (χ1) is 16.9. The highest BCUT2D eigenvalue weighted by Gasteiger charge is 2.23. The molecule has 2 heterocycles. The summed E-state index contributed by atoms with van der Waals surface area (Å²) in [4.78, 5) is 3.35. The normalized spacial score (nSPS) is 18.3. The second kappa shape index (κ2) is 12.1. The van der Waals surface area contributed by atoms with E-state index in [0.717, 1.165) is 62.4 Å². The molecule has 3 aromatic rings. The van der Waals surface area contributed by atoms with Gasteiger partial charge in [0.2, 0.25) is 0 Å². The lowest BCUT2D eigenvalue weighted by Gasteiger charge is -2.31. The molecular weight excluding hydrogens is 509 g/mol. The van der Waals surface area contributed by atoms with E-state index in [2.05, 4.69) is 49.9 Å². The molecule has 11 heteroatoms. The van der Waals surface area contributed by atoms with Gasteiger partial charge < -0.3 is 16.0 Å². The molecule has 1 fully saturated rings. The van der Waals surface area contributed by atoms with Crippen LogP contribution in [0.1, 0.15) is 30.7 Å². The summed E-state index contributed by atoms with van der Waals surface area (Å²) in [7, 11) is -4.12. The van der Waals surface area contributed by atoms with Crippen LogP contribution in [0.25, 0.3) is 0 Å². The molecule has 1 saturated heterocycles. The maximum Gasteiger partial charge on any atom is 0.266 e. The molecule has 2 unspecified atom stereocenters. The molecule has 2 atom stereocenters. The van der Waals surface area contributed by atoms with Crippen molar-refractivity contribution in [3.8, 4) is 0 Å². The third-order valence-corrected chi connectivity index (χ3v) is 8.42. The number of benzene rings is 2. The van der Waals surface area contributed by atoms with Crippen molar-refractivity contribution < 1.29 is 12.8 Å². The smallest absolute Gasteiger partial charge is 0.266 e. The Bertz CT molecular complexity index is 1200. The van der Waals surface area contributed by atoms with Crippen molar-refractivity contribution in [2.24, 2.45) is 0 Å². The quantitative estimate of drug-likeness (QED) is 0.266. The zero-order valence-corrected chi connectivity index (χ0v) is 21.5. The average Bonchev–Trinajstić information content (AvgIpc) is 3.36. The number of hydrogen-bond donors (Lipinski definition) is 4. The zero-order chi connectivity index (χ0) is 24.7. The molecule has 2 aromatic carbocycles. The first-order valence-corrected chi connectivity index (χ1v) is 14.3. The summed E-state index contributed by atoms with van der Waals surface area (Å²) < 4.78 is 41.8. The van der Waals surface area contributed by atoms with E-state index in [1.54, 1.807) is 5.38 Å². The highest BCUT2D eigenvalue weighted by Crippen LogP contribution is 2.29. The monoisotopic (exact) mass is 537 g/mol. The van der Waals surface area contributed by atoms with Gasteiger partial charge in [-0.2, -0.15) is 0 Å². The van der Waals surface area contributed by atoms with Crippen LogP contribution in [0.2, 0.25) is 5.02 Å². The van der Waals surface area contributed by atoms with E-state index in [1.807, 2.05) is 6.07 Å². The molecule has 4 rings (SSSR count). The minimum absolute atomic E-state index is 0.143. The van der Waals surface area contributed by atoms with Gasteiger partial charge in [-0.05, 0) is 49.4 Å². The van der Waals surface area contributed by atoms with Crippen LogP contribution in [0.15, 0.2) is 58.9 Å². The summed E-state index contributed by atoms with van der Waals surface area (Å²) in [6, 6.07) is 13.3. The number of halogens is 2. The van der Waals surface area contributed by atoms with Gasteiger partial charge in [-0.15, -0.1) is 11.3 Å². The Morgan fingerprint density at radius 1 is 1.14 bits per heavy atom. The van der Waals surface area contributed by atoms with Crippen molar-refractivity contribution in [2.45, 2.75) is 36.1 Å². The third kappa shape index (κ3) is 7.14. The van der Waals surface area contributed by atoms with Crippen molar-refractivity contribution in [3.63, 3.8) is 0 Å². The number of sulfonamides is 1. The van der Waals surface area contributed by atoms with Gasteiger partial charge in [-0.25, -0.2) is 17.8 Å². The molecule has 1 aromatic heterocycles. The van der Waals surface area contributed by atoms with Gasteiger partial charge >= 0.3 is 0 Å². The van der Waals surface area contributed by atoms with E-state index in [1.165, 1.54) is 11.8 Å². The molecule has 35 heavy (non-hydrogen) atoms. The molecule has 1 aliphatic heterocycles. The SMILES string of the molecule is O=S(=O)(Nc1nccs1)c1cc(Cl)c(NCCCCNC2CNCC(c3ccccc3)C2)cc1F. The largest absolute Gasteiger partial charge is 0.384 e. The van der Waals surface area contributed by atoms with Gasteiger partial charge in [-0.1, -0.05) is 41.9 Å². The van der Waals surface area contributed by atoms with Crippen LogP contribution >= 0.6 is 22.9 Å². The number of nitrogens with zero attached hydrogens (tertiary/aromatic N) is 1. The number of unbranched alkanes of at least 4 members (excludes halogenated alkanes) is 1. The van der Waals surface area contributed by atoms with E-state index in [-0.39, 0.29) is 10.2 Å². The van der Waals surface area contributed by atoms with E-state index < -0.39 is 20.7 Å². The van der Waals surface area contributed by atoms with Gasteiger partial charge in [0.25, 0.3) is 10.0 Å². The minimum atomic E-state index is -4.12. The van der Waals surface area contributed by atoms with Crippen LogP contribution in [0, 0.1) is 5.82 Å². The van der Waals surface area contributed by atoms with Gasteiger partial charge in [-0.3, -0.25) is 4.72 Å². The number of hydrogen-bond acceptors (Lipinski definition) is 7. The molecule has 0 aliphatic carbocycles. The summed E-state index contributed by atoms with van der Waals surface area (Å²) in [6.45, 7) is 3.45. The van der Waals surface area contributed by atoms with Gasteiger partial charge in [0.05, 0.1) is 10.7 Å². The van der Waals surface area contributed by atoms with Crippen LogP contribution in [0.4, 0.5) is 15.2 Å². The molecule has 1 aliphatic rings. The van der Waals surface area contributed by atoms with E-state index in [9.17, 15) is 12.8 Å². The van der Waals surface area contributed by atoms with Crippen LogP contribution in [0.3, 0.4) is 0 Å². The summed E-state index contributed by atoms with van der Waals surface area (Å²) in [5.41, 5.74) is 1.74. The van der Waals surface area contributed by atoms with Crippen molar-refractivity contribution >= 4 is 43.8 Å². The number of piperidine rings is 1. The number of rotatable bonds is 11. The Hall–Kier alpha value is -2.24. The fourth-order valence-electron chi connectivity index (χ4n) is 4.17. The molecule has 0 saturated carbocycles. The number of aromatic nitrogens is 1. The molecule has 0 radical (unpaired) electrons. The van der Waals surface area contributed by atoms with Gasteiger partial charge in [0, 0.05) is 37.3 Å². The Morgan fingerprint density at radius 2 is 1.94 bits per heavy atom. The highest BCUT2D eigenvalue weighted by molar-refractivity contribution is 7.93. The van der Waals surface area contributed by atoms with E-state index in [0.29, 0.717) is 24.2 Å². The average molecular weight is 538 g/mol. The van der Waals surface area contributed by atoms with Crippen molar-refractivity contribution in [3.05, 3.63) is 70.4 Å². The Labute approximate surface area is 214 Å². The topological polar surface area (TPSA) is 95.2 Å². The number of thiazole rings is 1. The first-order valence-electron chi connectivity index (χ1n) is 11.6. The highest BCUT2D eigenvalue weighted by atomic mass is 35.5.